The molecule has 1 saturated carbocycles. The molecule has 1 unspecified atom stereocenters. The third-order valence-electron chi connectivity index (χ3n) is 4.41. The third-order valence-corrected chi connectivity index (χ3v) is 4.41. The second-order valence-corrected chi connectivity index (χ2v) is 5.72. The summed E-state index contributed by atoms with van der Waals surface area (Å²) in [7, 11) is 0. The van der Waals surface area contributed by atoms with Crippen LogP contribution in [0, 0.1) is 5.92 Å². The molecule has 0 spiro atoms. The molecule has 1 heterocycles. The van der Waals surface area contributed by atoms with Crippen molar-refractivity contribution in [1.82, 2.24) is 5.32 Å². The van der Waals surface area contributed by atoms with Crippen LogP contribution in [0.4, 0.5) is 5.69 Å². The molecule has 0 saturated heterocycles. The van der Waals surface area contributed by atoms with Crippen LogP contribution in [0.15, 0.2) is 18.2 Å². The summed E-state index contributed by atoms with van der Waals surface area (Å²) in [6.45, 7) is 3.16. The van der Waals surface area contributed by atoms with Crippen LogP contribution in [-0.4, -0.2) is 12.5 Å². The van der Waals surface area contributed by atoms with Crippen molar-refractivity contribution in [2.75, 3.05) is 11.9 Å². The summed E-state index contributed by atoms with van der Waals surface area (Å²) in [6, 6.07) is 6.91. The summed E-state index contributed by atoms with van der Waals surface area (Å²) in [4.78, 5) is 11.4. The van der Waals surface area contributed by atoms with Gasteiger partial charge in [-0.1, -0.05) is 31.9 Å². The maximum atomic E-state index is 11.4. The average Bonchev–Trinajstić information content (AvgIpc) is 3.02. The van der Waals surface area contributed by atoms with Crippen LogP contribution in [0.25, 0.3) is 0 Å². The summed E-state index contributed by atoms with van der Waals surface area (Å²) in [5.74, 6) is 0.871. The molecule has 3 heteroatoms. The Bertz CT molecular complexity index is 478. The number of hydrogen-bond acceptors (Lipinski definition) is 2. The van der Waals surface area contributed by atoms with Crippen molar-refractivity contribution < 1.29 is 4.79 Å². The van der Waals surface area contributed by atoms with Gasteiger partial charge >= 0.3 is 0 Å². The predicted molar refractivity (Wildman–Crippen MR) is 77.2 cm³/mol. The Morgan fingerprint density at radius 1 is 1.37 bits per heavy atom. The molecule has 1 fully saturated rings. The van der Waals surface area contributed by atoms with Gasteiger partial charge in [0.1, 0.15) is 0 Å². The molecule has 102 valence electrons. The molecule has 0 aromatic heterocycles. The highest BCUT2D eigenvalue weighted by Gasteiger charge is 2.27. The molecule has 2 aliphatic rings. The zero-order chi connectivity index (χ0) is 13.2. The lowest BCUT2D eigenvalue weighted by molar-refractivity contribution is -0.115. The monoisotopic (exact) mass is 258 g/mol. The van der Waals surface area contributed by atoms with E-state index >= 15 is 0 Å². The Hall–Kier alpha value is -1.35. The lowest BCUT2D eigenvalue weighted by atomic mass is 9.90. The van der Waals surface area contributed by atoms with E-state index in [1.807, 2.05) is 0 Å². The lowest BCUT2D eigenvalue weighted by Crippen LogP contribution is -2.27. The number of carbonyl (C=O) groups is 1. The normalized spacial score (nSPS) is 20.4. The van der Waals surface area contributed by atoms with E-state index in [0.717, 1.165) is 23.7 Å². The van der Waals surface area contributed by atoms with Gasteiger partial charge in [0.05, 0.1) is 6.42 Å². The topological polar surface area (TPSA) is 41.1 Å². The molecular weight excluding hydrogens is 236 g/mol. The van der Waals surface area contributed by atoms with Gasteiger partial charge in [0.15, 0.2) is 0 Å². The van der Waals surface area contributed by atoms with Crippen LogP contribution in [0.1, 0.15) is 49.8 Å². The van der Waals surface area contributed by atoms with Crippen LogP contribution in [0.2, 0.25) is 0 Å². The van der Waals surface area contributed by atoms with Gasteiger partial charge in [-0.15, -0.1) is 0 Å². The molecule has 1 atom stereocenters. The van der Waals surface area contributed by atoms with E-state index in [2.05, 4.69) is 35.8 Å². The van der Waals surface area contributed by atoms with E-state index < -0.39 is 0 Å². The fourth-order valence-corrected chi connectivity index (χ4v) is 3.51. The van der Waals surface area contributed by atoms with Crippen molar-refractivity contribution in [2.45, 2.75) is 45.1 Å². The number of rotatable bonds is 4. The molecule has 3 rings (SSSR count). The molecule has 1 amide bonds. The van der Waals surface area contributed by atoms with Gasteiger partial charge in [-0.3, -0.25) is 4.79 Å². The van der Waals surface area contributed by atoms with E-state index in [1.165, 1.54) is 31.2 Å². The molecule has 3 nitrogen and oxygen atoms in total. The van der Waals surface area contributed by atoms with Crippen molar-refractivity contribution in [3.63, 3.8) is 0 Å². The molecule has 1 aliphatic carbocycles. The van der Waals surface area contributed by atoms with Crippen LogP contribution in [-0.2, 0) is 11.2 Å². The smallest absolute Gasteiger partial charge is 0.228 e. The average molecular weight is 258 g/mol. The lowest BCUT2D eigenvalue weighted by Gasteiger charge is -2.25. The Labute approximate surface area is 114 Å². The fraction of sp³-hybridized carbons (Fsp3) is 0.562. The molecule has 1 aliphatic heterocycles. The quantitative estimate of drug-likeness (QED) is 0.871. The van der Waals surface area contributed by atoms with Gasteiger partial charge in [0, 0.05) is 11.7 Å². The highest BCUT2D eigenvalue weighted by molar-refractivity contribution is 5.99. The first kappa shape index (κ1) is 12.7. The number of amides is 1. The zero-order valence-corrected chi connectivity index (χ0v) is 11.5. The molecule has 0 radical (unpaired) electrons. The van der Waals surface area contributed by atoms with E-state index in [9.17, 15) is 4.79 Å². The second-order valence-electron chi connectivity index (χ2n) is 5.72. The van der Waals surface area contributed by atoms with Gasteiger partial charge in [0.25, 0.3) is 0 Å². The van der Waals surface area contributed by atoms with Crippen LogP contribution in [0.3, 0.4) is 0 Å². The maximum Gasteiger partial charge on any atom is 0.228 e. The van der Waals surface area contributed by atoms with Crippen molar-refractivity contribution in [1.29, 1.82) is 0 Å². The minimum atomic E-state index is 0.119. The van der Waals surface area contributed by atoms with Gasteiger partial charge in [-0.2, -0.15) is 0 Å². The van der Waals surface area contributed by atoms with Crippen molar-refractivity contribution in [3.05, 3.63) is 29.3 Å². The minimum Gasteiger partial charge on any atom is -0.326 e. The van der Waals surface area contributed by atoms with Gasteiger partial charge in [-0.25, -0.2) is 0 Å². The fourth-order valence-electron chi connectivity index (χ4n) is 3.51. The van der Waals surface area contributed by atoms with Crippen molar-refractivity contribution >= 4 is 11.6 Å². The van der Waals surface area contributed by atoms with Gasteiger partial charge in [-0.05, 0) is 42.5 Å². The van der Waals surface area contributed by atoms with E-state index in [-0.39, 0.29) is 5.91 Å². The molecule has 0 bridgehead atoms. The summed E-state index contributed by atoms with van der Waals surface area (Å²) in [5.41, 5.74) is 3.50. The van der Waals surface area contributed by atoms with E-state index in [0.29, 0.717) is 12.5 Å². The van der Waals surface area contributed by atoms with E-state index in [4.69, 9.17) is 0 Å². The Balaban J connectivity index is 1.86. The Morgan fingerprint density at radius 3 is 2.89 bits per heavy atom. The molecule has 2 N–H and O–H groups in total. The van der Waals surface area contributed by atoms with Crippen LogP contribution < -0.4 is 10.6 Å². The largest absolute Gasteiger partial charge is 0.326 e. The highest BCUT2D eigenvalue weighted by Crippen LogP contribution is 2.37. The van der Waals surface area contributed by atoms with Gasteiger partial charge in [0.2, 0.25) is 5.91 Å². The number of hydrogen-bond donors (Lipinski definition) is 2. The summed E-state index contributed by atoms with van der Waals surface area (Å²) >= 11 is 0. The van der Waals surface area contributed by atoms with E-state index in [1.54, 1.807) is 0 Å². The molecule has 1 aromatic rings. The predicted octanol–water partition coefficient (Wildman–Crippen LogP) is 3.02. The second kappa shape index (κ2) is 5.33. The van der Waals surface area contributed by atoms with Gasteiger partial charge < -0.3 is 10.6 Å². The standard InChI is InChI=1S/C16H22N2O/c1-2-17-16(11-5-3-4-6-11)12-7-8-14-13(9-12)10-15(19)18-14/h7-9,11,16-17H,2-6,10H2,1H3,(H,18,19). The molecule has 1 aromatic carbocycles. The highest BCUT2D eigenvalue weighted by atomic mass is 16.1. The van der Waals surface area contributed by atoms with Crippen LogP contribution in [0.5, 0.6) is 0 Å². The number of benzene rings is 1. The summed E-state index contributed by atoms with van der Waals surface area (Å²) in [6.07, 6.45) is 5.90. The Kier molecular flexibility index (Phi) is 3.56. The number of anilines is 1. The third kappa shape index (κ3) is 2.52. The summed E-state index contributed by atoms with van der Waals surface area (Å²) < 4.78 is 0. The van der Waals surface area contributed by atoms with Crippen LogP contribution >= 0.6 is 0 Å². The first-order valence-corrected chi connectivity index (χ1v) is 7.44. The molecule has 19 heavy (non-hydrogen) atoms. The zero-order valence-electron chi connectivity index (χ0n) is 11.5. The number of carbonyl (C=O) groups excluding carboxylic acids is 1. The number of fused-ring (bicyclic) bond motifs is 1. The maximum absolute atomic E-state index is 11.4. The minimum absolute atomic E-state index is 0.119. The first-order chi connectivity index (χ1) is 9.28. The first-order valence-electron chi connectivity index (χ1n) is 7.44. The summed E-state index contributed by atoms with van der Waals surface area (Å²) in [5, 5.41) is 6.54. The Morgan fingerprint density at radius 2 is 2.16 bits per heavy atom. The van der Waals surface area contributed by atoms with Crippen molar-refractivity contribution in [2.24, 2.45) is 5.92 Å². The van der Waals surface area contributed by atoms with Crippen molar-refractivity contribution in [3.8, 4) is 0 Å². The SMILES string of the molecule is CCNC(c1ccc2c(c1)CC(=O)N2)C1CCCC1. The molecular formula is C16H22N2O. The number of nitrogens with one attached hydrogen (secondary N) is 2.